The van der Waals surface area contributed by atoms with E-state index >= 15 is 0 Å². The number of primary amides is 1. The van der Waals surface area contributed by atoms with Crippen LogP contribution in [0.4, 0.5) is 0 Å². The summed E-state index contributed by atoms with van der Waals surface area (Å²) >= 11 is 0. The minimum Gasteiger partial charge on any atom is -0.368 e. The van der Waals surface area contributed by atoms with Gasteiger partial charge in [0.05, 0.1) is 10.9 Å². The van der Waals surface area contributed by atoms with Crippen LogP contribution in [-0.4, -0.2) is 21.8 Å². The number of para-hydroxylation sites is 1. The van der Waals surface area contributed by atoms with E-state index in [-0.39, 0.29) is 17.9 Å². The number of H-pyrrole nitrogens is 1. The minimum absolute atomic E-state index is 0.188. The lowest BCUT2D eigenvalue weighted by molar-refractivity contribution is -0.127. The number of rotatable bonds is 7. The van der Waals surface area contributed by atoms with E-state index < -0.39 is 11.9 Å². The molecule has 3 aromatic rings. The number of aromatic nitrogens is 2. The molecule has 0 radical (unpaired) electrons. The summed E-state index contributed by atoms with van der Waals surface area (Å²) in [5.41, 5.74) is 6.47. The first-order chi connectivity index (χ1) is 13.0. The molecule has 0 aliphatic carbocycles. The first-order valence-corrected chi connectivity index (χ1v) is 8.66. The highest BCUT2D eigenvalue weighted by Crippen LogP contribution is 2.13. The Bertz CT molecular complexity index is 1010. The lowest BCUT2D eigenvalue weighted by atomic mass is 10.1. The van der Waals surface area contributed by atoms with Crippen LogP contribution in [0.3, 0.4) is 0 Å². The lowest BCUT2D eigenvalue weighted by Gasteiger charge is -2.15. The largest absolute Gasteiger partial charge is 0.368 e. The van der Waals surface area contributed by atoms with Crippen LogP contribution in [0.15, 0.2) is 59.4 Å². The Kier molecular flexibility index (Phi) is 5.61. The molecule has 0 spiro atoms. The number of hydrogen-bond acceptors (Lipinski definition) is 4. The molecule has 0 saturated carbocycles. The van der Waals surface area contributed by atoms with Gasteiger partial charge in [0.25, 0.3) is 5.56 Å². The highest BCUT2D eigenvalue weighted by Gasteiger charge is 2.19. The molecule has 7 heteroatoms. The van der Waals surface area contributed by atoms with E-state index in [1.54, 1.807) is 42.5 Å². The van der Waals surface area contributed by atoms with Crippen LogP contribution >= 0.6 is 0 Å². The Hall–Kier alpha value is -3.48. The van der Waals surface area contributed by atoms with Gasteiger partial charge in [-0.3, -0.25) is 14.4 Å². The summed E-state index contributed by atoms with van der Waals surface area (Å²) < 4.78 is 0. The van der Waals surface area contributed by atoms with Crippen molar-refractivity contribution >= 4 is 22.7 Å². The topological polar surface area (TPSA) is 118 Å². The molecule has 1 heterocycles. The van der Waals surface area contributed by atoms with Crippen LogP contribution in [0.1, 0.15) is 30.3 Å². The maximum Gasteiger partial charge on any atom is 0.258 e. The van der Waals surface area contributed by atoms with E-state index in [1.165, 1.54) is 0 Å². The van der Waals surface area contributed by atoms with E-state index in [1.807, 2.05) is 12.1 Å². The Morgan fingerprint density at radius 1 is 1.07 bits per heavy atom. The second-order valence-electron chi connectivity index (χ2n) is 6.20. The molecule has 7 nitrogen and oxygen atoms in total. The smallest absolute Gasteiger partial charge is 0.258 e. The number of carbonyl (C=O) groups excluding carboxylic acids is 2. The Labute approximate surface area is 155 Å². The molecular weight excluding hydrogens is 344 g/mol. The van der Waals surface area contributed by atoms with Crippen LogP contribution in [0.2, 0.25) is 0 Å². The summed E-state index contributed by atoms with van der Waals surface area (Å²) in [5, 5.41) is 3.19. The van der Waals surface area contributed by atoms with Crippen molar-refractivity contribution < 1.29 is 9.59 Å². The number of aryl methyl sites for hydroxylation is 1. The standard InChI is InChI=1S/C20H20N4O3/c21-19(26)18(13-7-2-1-3-8-13)24-17(25)12-6-11-16-22-15-10-5-4-9-14(15)20(27)23-16/h1-5,7-10,18H,6,11-12H2,(H2,21,26)(H,24,25)(H,22,23,27). The molecule has 0 bridgehead atoms. The number of amides is 2. The number of fused-ring (bicyclic) bond motifs is 1. The number of nitrogens with one attached hydrogen (secondary N) is 2. The molecule has 4 N–H and O–H groups in total. The molecule has 0 aliphatic rings. The molecule has 2 amide bonds. The van der Waals surface area contributed by atoms with Gasteiger partial charge < -0.3 is 16.0 Å². The van der Waals surface area contributed by atoms with Crippen LogP contribution < -0.4 is 16.6 Å². The molecule has 0 fully saturated rings. The fourth-order valence-electron chi connectivity index (χ4n) is 2.87. The summed E-state index contributed by atoms with van der Waals surface area (Å²) in [6, 6.07) is 15.1. The van der Waals surface area contributed by atoms with Crippen molar-refractivity contribution in [3.8, 4) is 0 Å². The van der Waals surface area contributed by atoms with E-state index in [0.29, 0.717) is 35.1 Å². The number of hydrogen-bond donors (Lipinski definition) is 3. The monoisotopic (exact) mass is 364 g/mol. The van der Waals surface area contributed by atoms with E-state index in [0.717, 1.165) is 0 Å². The molecule has 3 rings (SSSR count). The zero-order valence-electron chi connectivity index (χ0n) is 14.6. The summed E-state index contributed by atoms with van der Waals surface area (Å²) in [5.74, 6) is -0.373. The number of benzene rings is 2. The summed E-state index contributed by atoms with van der Waals surface area (Å²) in [4.78, 5) is 43.0. The van der Waals surface area contributed by atoms with Gasteiger partial charge in [0.1, 0.15) is 11.9 Å². The second kappa shape index (κ2) is 8.27. The number of nitrogens with zero attached hydrogens (tertiary/aromatic N) is 1. The van der Waals surface area contributed by atoms with Gasteiger partial charge in [0, 0.05) is 12.8 Å². The van der Waals surface area contributed by atoms with Gasteiger partial charge in [-0.05, 0) is 24.1 Å². The van der Waals surface area contributed by atoms with Gasteiger partial charge in [0.2, 0.25) is 11.8 Å². The molecule has 0 aliphatic heterocycles. The molecule has 1 unspecified atom stereocenters. The summed E-state index contributed by atoms with van der Waals surface area (Å²) in [7, 11) is 0. The van der Waals surface area contributed by atoms with Crippen molar-refractivity contribution in [2.45, 2.75) is 25.3 Å². The molecule has 2 aromatic carbocycles. The predicted octanol–water partition coefficient (Wildman–Crippen LogP) is 1.59. The Morgan fingerprint density at radius 2 is 1.78 bits per heavy atom. The van der Waals surface area contributed by atoms with E-state index in [4.69, 9.17) is 5.73 Å². The van der Waals surface area contributed by atoms with Crippen molar-refractivity contribution in [1.29, 1.82) is 0 Å². The average molecular weight is 364 g/mol. The average Bonchev–Trinajstić information content (AvgIpc) is 2.66. The Balaban J connectivity index is 1.59. The maximum absolute atomic E-state index is 12.2. The number of nitrogens with two attached hydrogens (primary N) is 1. The Morgan fingerprint density at radius 3 is 2.52 bits per heavy atom. The van der Waals surface area contributed by atoms with Crippen LogP contribution in [-0.2, 0) is 16.0 Å². The quantitative estimate of drug-likeness (QED) is 0.590. The van der Waals surface area contributed by atoms with Crippen molar-refractivity contribution in [3.63, 3.8) is 0 Å². The normalized spacial score (nSPS) is 11.9. The van der Waals surface area contributed by atoms with Crippen molar-refractivity contribution in [3.05, 3.63) is 76.3 Å². The lowest BCUT2D eigenvalue weighted by Crippen LogP contribution is -2.37. The fraction of sp³-hybridized carbons (Fsp3) is 0.200. The highest BCUT2D eigenvalue weighted by molar-refractivity contribution is 5.87. The van der Waals surface area contributed by atoms with Gasteiger partial charge in [0.15, 0.2) is 0 Å². The first kappa shape index (κ1) is 18.3. The number of aromatic amines is 1. The van der Waals surface area contributed by atoms with Gasteiger partial charge >= 0.3 is 0 Å². The van der Waals surface area contributed by atoms with Crippen molar-refractivity contribution in [2.75, 3.05) is 0 Å². The van der Waals surface area contributed by atoms with E-state index in [2.05, 4.69) is 15.3 Å². The third-order valence-corrected chi connectivity index (χ3v) is 4.20. The van der Waals surface area contributed by atoms with Gasteiger partial charge in [-0.1, -0.05) is 42.5 Å². The zero-order chi connectivity index (χ0) is 19.2. The minimum atomic E-state index is -0.864. The zero-order valence-corrected chi connectivity index (χ0v) is 14.6. The molecule has 1 atom stereocenters. The summed E-state index contributed by atoms with van der Waals surface area (Å²) in [6.07, 6.45) is 1.11. The summed E-state index contributed by atoms with van der Waals surface area (Å²) in [6.45, 7) is 0. The fourth-order valence-corrected chi connectivity index (χ4v) is 2.87. The van der Waals surface area contributed by atoms with Gasteiger partial charge in [-0.2, -0.15) is 0 Å². The molecule has 27 heavy (non-hydrogen) atoms. The predicted molar refractivity (Wildman–Crippen MR) is 102 cm³/mol. The highest BCUT2D eigenvalue weighted by atomic mass is 16.2. The van der Waals surface area contributed by atoms with Gasteiger partial charge in [-0.25, -0.2) is 4.98 Å². The molecular formula is C20H20N4O3. The van der Waals surface area contributed by atoms with Gasteiger partial charge in [-0.15, -0.1) is 0 Å². The van der Waals surface area contributed by atoms with Crippen molar-refractivity contribution in [2.24, 2.45) is 5.73 Å². The third kappa shape index (κ3) is 4.58. The van der Waals surface area contributed by atoms with Crippen molar-refractivity contribution in [1.82, 2.24) is 15.3 Å². The van der Waals surface area contributed by atoms with E-state index in [9.17, 15) is 14.4 Å². The second-order valence-corrected chi connectivity index (χ2v) is 6.20. The maximum atomic E-state index is 12.2. The molecule has 1 aromatic heterocycles. The number of carbonyl (C=O) groups is 2. The first-order valence-electron chi connectivity index (χ1n) is 8.66. The van der Waals surface area contributed by atoms with Crippen LogP contribution in [0, 0.1) is 0 Å². The van der Waals surface area contributed by atoms with Crippen LogP contribution in [0.5, 0.6) is 0 Å². The van der Waals surface area contributed by atoms with Crippen LogP contribution in [0.25, 0.3) is 10.9 Å². The third-order valence-electron chi connectivity index (χ3n) is 4.20. The molecule has 0 saturated heterocycles. The molecule has 138 valence electrons. The SMILES string of the molecule is NC(=O)C(NC(=O)CCCc1nc2ccccc2c(=O)[nH]1)c1ccccc1.